The fraction of sp³-hybridized carbons (Fsp3) is 0.375. The van der Waals surface area contributed by atoms with Gasteiger partial charge in [-0.15, -0.1) is 0 Å². The van der Waals surface area contributed by atoms with Crippen molar-refractivity contribution in [1.29, 1.82) is 0 Å². The Kier molecular flexibility index (Phi) is 5.15. The topological polar surface area (TPSA) is 15.3 Å². The van der Waals surface area contributed by atoms with E-state index >= 15 is 0 Å². The van der Waals surface area contributed by atoms with Crippen LogP contribution < -0.4 is 10.2 Å². The second-order valence-corrected chi connectivity index (χ2v) is 5.72. The molecule has 1 atom stereocenters. The largest absolute Gasteiger partial charge is 0.370 e. The van der Waals surface area contributed by atoms with Crippen LogP contribution in [0.4, 0.5) is 10.1 Å². The maximum atomic E-state index is 14.2. The highest BCUT2D eigenvalue weighted by Crippen LogP contribution is 2.29. The summed E-state index contributed by atoms with van der Waals surface area (Å²) in [7, 11) is 2.01. The summed E-state index contributed by atoms with van der Waals surface area (Å²) in [6.07, 6.45) is 0. The summed E-state index contributed by atoms with van der Waals surface area (Å²) in [6, 6.07) is 7.40. The van der Waals surface area contributed by atoms with Crippen molar-refractivity contribution in [2.75, 3.05) is 18.5 Å². The predicted octanol–water partition coefficient (Wildman–Crippen LogP) is 4.19. The molecule has 2 nitrogen and oxygen atoms in total. The van der Waals surface area contributed by atoms with E-state index < -0.39 is 0 Å². The number of rotatable bonds is 6. The molecule has 0 amide bonds. The summed E-state index contributed by atoms with van der Waals surface area (Å²) in [6.45, 7) is 5.65. The fourth-order valence-corrected chi connectivity index (χ4v) is 3.10. The smallest absolute Gasteiger partial charge is 0.130 e. The van der Waals surface area contributed by atoms with Gasteiger partial charge in [-0.2, -0.15) is 11.3 Å². The molecule has 0 saturated heterocycles. The Bertz CT molecular complexity index is 539. The van der Waals surface area contributed by atoms with Crippen LogP contribution in [-0.4, -0.2) is 13.6 Å². The molecule has 20 heavy (non-hydrogen) atoms. The first-order valence-electron chi connectivity index (χ1n) is 6.87. The molecule has 1 unspecified atom stereocenters. The third-order valence-corrected chi connectivity index (χ3v) is 4.12. The normalized spacial score (nSPS) is 12.4. The number of halogens is 1. The molecule has 2 rings (SSSR count). The van der Waals surface area contributed by atoms with E-state index in [0.717, 1.165) is 24.3 Å². The second-order valence-electron chi connectivity index (χ2n) is 4.94. The molecular weight excluding hydrogens is 271 g/mol. The Morgan fingerprint density at radius 3 is 2.80 bits per heavy atom. The number of hydrogen-bond donors (Lipinski definition) is 1. The number of nitrogens with zero attached hydrogens (tertiary/aromatic N) is 1. The van der Waals surface area contributed by atoms with Crippen molar-refractivity contribution >= 4 is 17.0 Å². The Labute approximate surface area is 124 Å². The summed E-state index contributed by atoms with van der Waals surface area (Å²) in [5.74, 6) is -0.145. The van der Waals surface area contributed by atoms with Crippen molar-refractivity contribution in [3.8, 4) is 0 Å². The first kappa shape index (κ1) is 15.0. The number of thiophene rings is 1. The van der Waals surface area contributed by atoms with Crippen molar-refractivity contribution in [1.82, 2.24) is 5.32 Å². The van der Waals surface area contributed by atoms with Crippen LogP contribution >= 0.6 is 11.3 Å². The van der Waals surface area contributed by atoms with Crippen LogP contribution in [0, 0.1) is 5.82 Å². The summed E-state index contributed by atoms with van der Waals surface area (Å²) in [5.41, 5.74) is 2.94. The number of hydrogen-bond acceptors (Lipinski definition) is 3. The molecular formula is C16H21FN2S. The van der Waals surface area contributed by atoms with Gasteiger partial charge in [0.1, 0.15) is 5.82 Å². The molecule has 1 heterocycles. The van der Waals surface area contributed by atoms with Crippen molar-refractivity contribution < 1.29 is 4.39 Å². The van der Waals surface area contributed by atoms with E-state index in [9.17, 15) is 4.39 Å². The van der Waals surface area contributed by atoms with E-state index in [-0.39, 0.29) is 11.9 Å². The third-order valence-electron chi connectivity index (χ3n) is 3.38. The highest BCUT2D eigenvalue weighted by molar-refractivity contribution is 7.07. The summed E-state index contributed by atoms with van der Waals surface area (Å²) >= 11 is 1.69. The van der Waals surface area contributed by atoms with E-state index in [2.05, 4.69) is 27.0 Å². The lowest BCUT2D eigenvalue weighted by Crippen LogP contribution is -2.24. The van der Waals surface area contributed by atoms with Gasteiger partial charge in [0.2, 0.25) is 0 Å². The highest BCUT2D eigenvalue weighted by atomic mass is 32.1. The lowest BCUT2D eigenvalue weighted by atomic mass is 10.0. The first-order valence-corrected chi connectivity index (χ1v) is 7.81. The molecule has 0 spiro atoms. The molecule has 0 aliphatic heterocycles. The SMILES string of the molecule is CCNC(C)c1c(F)cccc1N(C)Cc1ccsc1. The van der Waals surface area contributed by atoms with Gasteiger partial charge < -0.3 is 10.2 Å². The number of anilines is 1. The van der Waals surface area contributed by atoms with Crippen molar-refractivity contribution in [3.05, 3.63) is 52.0 Å². The van der Waals surface area contributed by atoms with Crippen LogP contribution in [0.25, 0.3) is 0 Å². The van der Waals surface area contributed by atoms with Gasteiger partial charge in [-0.05, 0) is 48.0 Å². The maximum Gasteiger partial charge on any atom is 0.130 e. The number of nitrogens with one attached hydrogen (secondary N) is 1. The molecule has 0 radical (unpaired) electrons. The minimum absolute atomic E-state index is 0.00104. The molecule has 0 aliphatic rings. The highest BCUT2D eigenvalue weighted by Gasteiger charge is 2.17. The Morgan fingerprint density at radius 1 is 1.35 bits per heavy atom. The van der Waals surface area contributed by atoms with Crippen molar-refractivity contribution in [2.24, 2.45) is 0 Å². The summed E-state index contributed by atoms with van der Waals surface area (Å²) in [4.78, 5) is 2.11. The van der Waals surface area contributed by atoms with Crippen LogP contribution in [0.2, 0.25) is 0 Å². The van der Waals surface area contributed by atoms with Gasteiger partial charge in [0.15, 0.2) is 0 Å². The van der Waals surface area contributed by atoms with Gasteiger partial charge in [0.05, 0.1) is 0 Å². The van der Waals surface area contributed by atoms with Gasteiger partial charge in [-0.3, -0.25) is 0 Å². The van der Waals surface area contributed by atoms with Crippen LogP contribution in [0.1, 0.15) is 31.0 Å². The van der Waals surface area contributed by atoms with Crippen molar-refractivity contribution in [2.45, 2.75) is 26.4 Å². The van der Waals surface area contributed by atoms with Crippen LogP contribution in [0.5, 0.6) is 0 Å². The fourth-order valence-electron chi connectivity index (χ4n) is 2.44. The van der Waals surface area contributed by atoms with Crippen molar-refractivity contribution in [3.63, 3.8) is 0 Å². The lowest BCUT2D eigenvalue weighted by molar-refractivity contribution is 0.540. The standard InChI is InChI=1S/C16H21FN2S/c1-4-18-12(2)16-14(17)6-5-7-15(16)19(3)10-13-8-9-20-11-13/h5-9,11-12,18H,4,10H2,1-3H3. The zero-order valence-corrected chi connectivity index (χ0v) is 13.0. The minimum Gasteiger partial charge on any atom is -0.370 e. The minimum atomic E-state index is -0.145. The molecule has 0 bridgehead atoms. The van der Waals surface area contributed by atoms with E-state index in [1.54, 1.807) is 17.4 Å². The molecule has 0 fully saturated rings. The van der Waals surface area contributed by atoms with Gasteiger partial charge in [-0.25, -0.2) is 4.39 Å². The van der Waals surface area contributed by atoms with Gasteiger partial charge in [0, 0.05) is 30.9 Å². The average molecular weight is 292 g/mol. The zero-order chi connectivity index (χ0) is 14.5. The van der Waals surface area contributed by atoms with E-state index in [1.807, 2.05) is 27.0 Å². The Hall–Kier alpha value is -1.39. The predicted molar refractivity (Wildman–Crippen MR) is 84.9 cm³/mol. The Morgan fingerprint density at radius 2 is 2.15 bits per heavy atom. The van der Waals surface area contributed by atoms with Crippen LogP contribution in [0.3, 0.4) is 0 Å². The number of benzene rings is 1. The van der Waals surface area contributed by atoms with Crippen LogP contribution in [0.15, 0.2) is 35.0 Å². The molecule has 0 aliphatic carbocycles. The van der Waals surface area contributed by atoms with E-state index in [1.165, 1.54) is 11.6 Å². The lowest BCUT2D eigenvalue weighted by Gasteiger charge is -2.25. The average Bonchev–Trinajstić information content (AvgIpc) is 2.91. The Balaban J connectivity index is 2.28. The molecule has 1 aromatic carbocycles. The van der Waals surface area contributed by atoms with E-state index in [0.29, 0.717) is 0 Å². The van der Waals surface area contributed by atoms with E-state index in [4.69, 9.17) is 0 Å². The van der Waals surface area contributed by atoms with Crippen LogP contribution in [-0.2, 0) is 6.54 Å². The zero-order valence-electron chi connectivity index (χ0n) is 12.2. The van der Waals surface area contributed by atoms with Gasteiger partial charge in [-0.1, -0.05) is 13.0 Å². The van der Waals surface area contributed by atoms with Gasteiger partial charge >= 0.3 is 0 Å². The summed E-state index contributed by atoms with van der Waals surface area (Å²) < 4.78 is 14.2. The second kappa shape index (κ2) is 6.86. The third kappa shape index (κ3) is 3.38. The molecule has 1 aromatic heterocycles. The molecule has 1 N–H and O–H groups in total. The monoisotopic (exact) mass is 292 g/mol. The molecule has 2 aromatic rings. The van der Waals surface area contributed by atoms with Gasteiger partial charge in [0.25, 0.3) is 0 Å². The molecule has 0 saturated carbocycles. The summed E-state index contributed by atoms with van der Waals surface area (Å²) in [5, 5.41) is 7.49. The quantitative estimate of drug-likeness (QED) is 0.858. The molecule has 4 heteroatoms. The maximum absolute atomic E-state index is 14.2. The molecule has 108 valence electrons. The first-order chi connectivity index (χ1) is 9.63.